The van der Waals surface area contributed by atoms with Crippen LogP contribution >= 0.6 is 11.6 Å². The van der Waals surface area contributed by atoms with E-state index in [4.69, 9.17) is 16.3 Å². The fourth-order valence-corrected chi connectivity index (χ4v) is 2.66. The second kappa shape index (κ2) is 7.36. The minimum absolute atomic E-state index is 0.274. The van der Waals surface area contributed by atoms with E-state index >= 15 is 0 Å². The number of carbonyl (C=O) groups is 1. The van der Waals surface area contributed by atoms with Gasteiger partial charge in [-0.1, -0.05) is 17.7 Å². The fraction of sp³-hybridized carbons (Fsp3) is 0.167. The molecule has 3 aromatic rings. The lowest BCUT2D eigenvalue weighted by molar-refractivity contribution is 0.0947. The van der Waals surface area contributed by atoms with E-state index in [1.165, 1.54) is 7.11 Å². The maximum absolute atomic E-state index is 12.4. The Balaban J connectivity index is 1.74. The molecule has 0 radical (unpaired) electrons. The summed E-state index contributed by atoms with van der Waals surface area (Å²) < 4.78 is 6.95. The molecule has 25 heavy (non-hydrogen) atoms. The average Bonchev–Trinajstić information content (AvgIpc) is 3.01. The molecule has 0 saturated heterocycles. The number of hydrogen-bond acceptors (Lipinski definition) is 4. The molecule has 3 rings (SSSR count). The molecule has 0 saturated carbocycles. The summed E-state index contributed by atoms with van der Waals surface area (Å²) in [5.74, 6) is 0.196. The van der Waals surface area contributed by atoms with Gasteiger partial charge in [-0.2, -0.15) is 5.10 Å². The number of pyridine rings is 1. The Labute approximate surface area is 150 Å². The number of aromatic nitrogens is 3. The van der Waals surface area contributed by atoms with Gasteiger partial charge in [0, 0.05) is 18.3 Å². The summed E-state index contributed by atoms with van der Waals surface area (Å²) in [6, 6.07) is 12.5. The summed E-state index contributed by atoms with van der Waals surface area (Å²) >= 11 is 5.97. The minimum Gasteiger partial charge on any atom is -0.496 e. The summed E-state index contributed by atoms with van der Waals surface area (Å²) in [6.07, 6.45) is 1.73. The van der Waals surface area contributed by atoms with E-state index in [2.05, 4.69) is 15.4 Å². The summed E-state index contributed by atoms with van der Waals surface area (Å²) in [5.41, 5.74) is 2.82. The third-order valence-electron chi connectivity index (χ3n) is 3.69. The normalized spacial score (nSPS) is 10.5. The summed E-state index contributed by atoms with van der Waals surface area (Å²) in [7, 11) is 3.35. The molecule has 1 amide bonds. The zero-order valence-corrected chi connectivity index (χ0v) is 14.6. The third kappa shape index (κ3) is 3.80. The van der Waals surface area contributed by atoms with Crippen LogP contribution in [0.1, 0.15) is 16.1 Å². The van der Waals surface area contributed by atoms with Crippen molar-refractivity contribution in [2.24, 2.45) is 7.05 Å². The Morgan fingerprint density at radius 3 is 2.84 bits per heavy atom. The van der Waals surface area contributed by atoms with Crippen molar-refractivity contribution in [1.29, 1.82) is 0 Å². The Bertz CT molecular complexity index is 893. The molecule has 0 aliphatic carbocycles. The molecule has 1 N–H and O–H groups in total. The summed E-state index contributed by atoms with van der Waals surface area (Å²) in [6.45, 7) is 0.287. The second-order valence-corrected chi connectivity index (χ2v) is 5.82. The van der Waals surface area contributed by atoms with Gasteiger partial charge in [-0.25, -0.2) is 0 Å². The maximum Gasteiger partial charge on any atom is 0.255 e. The quantitative estimate of drug-likeness (QED) is 0.762. The van der Waals surface area contributed by atoms with Gasteiger partial charge in [0.15, 0.2) is 0 Å². The van der Waals surface area contributed by atoms with Crippen LogP contribution in [0.25, 0.3) is 11.4 Å². The van der Waals surface area contributed by atoms with E-state index in [-0.39, 0.29) is 12.5 Å². The van der Waals surface area contributed by atoms with Crippen molar-refractivity contribution in [2.45, 2.75) is 6.54 Å². The van der Waals surface area contributed by atoms with Gasteiger partial charge in [-0.05, 0) is 36.4 Å². The summed E-state index contributed by atoms with van der Waals surface area (Å²) in [5, 5.41) is 7.73. The first kappa shape index (κ1) is 17.0. The lowest BCUT2D eigenvalue weighted by atomic mass is 10.2. The number of methoxy groups -OCH3 is 1. The molecule has 2 aromatic heterocycles. The first-order valence-corrected chi connectivity index (χ1v) is 8.02. The monoisotopic (exact) mass is 356 g/mol. The highest BCUT2D eigenvalue weighted by Crippen LogP contribution is 2.23. The van der Waals surface area contributed by atoms with E-state index in [9.17, 15) is 4.79 Å². The molecular formula is C18H17ClN4O2. The van der Waals surface area contributed by atoms with Crippen LogP contribution in [0.2, 0.25) is 5.02 Å². The van der Waals surface area contributed by atoms with E-state index in [0.29, 0.717) is 16.3 Å². The number of halogens is 1. The molecule has 128 valence electrons. The molecule has 0 unspecified atom stereocenters. The van der Waals surface area contributed by atoms with Crippen LogP contribution in [-0.2, 0) is 13.6 Å². The Morgan fingerprint density at radius 2 is 2.12 bits per heavy atom. The predicted molar refractivity (Wildman–Crippen MR) is 95.6 cm³/mol. The van der Waals surface area contributed by atoms with Crippen LogP contribution < -0.4 is 10.1 Å². The largest absolute Gasteiger partial charge is 0.496 e. The molecule has 0 fully saturated rings. The first-order valence-electron chi connectivity index (χ1n) is 7.64. The smallest absolute Gasteiger partial charge is 0.255 e. The molecule has 0 aliphatic heterocycles. The van der Waals surface area contributed by atoms with Gasteiger partial charge in [0.25, 0.3) is 5.91 Å². The molecule has 6 nitrogen and oxygen atoms in total. The maximum atomic E-state index is 12.4. The molecule has 7 heteroatoms. The molecule has 0 bridgehead atoms. The Hall–Kier alpha value is -2.86. The third-order valence-corrected chi connectivity index (χ3v) is 3.93. The number of benzene rings is 1. The van der Waals surface area contributed by atoms with Crippen LogP contribution in [0.15, 0.2) is 48.7 Å². The second-order valence-electron chi connectivity index (χ2n) is 5.39. The van der Waals surface area contributed by atoms with Crippen LogP contribution in [-0.4, -0.2) is 27.8 Å². The van der Waals surface area contributed by atoms with E-state index in [1.54, 1.807) is 29.1 Å². The number of hydrogen-bond donors (Lipinski definition) is 1. The lowest BCUT2D eigenvalue weighted by Crippen LogP contribution is -2.23. The summed E-state index contributed by atoms with van der Waals surface area (Å²) in [4.78, 5) is 16.7. The van der Waals surface area contributed by atoms with Crippen molar-refractivity contribution in [3.05, 3.63) is 64.9 Å². The molecule has 0 aliphatic rings. The number of carbonyl (C=O) groups excluding carboxylic acids is 1. The number of rotatable bonds is 5. The van der Waals surface area contributed by atoms with Gasteiger partial charge in [0.1, 0.15) is 5.75 Å². The van der Waals surface area contributed by atoms with E-state index in [1.807, 2.05) is 31.3 Å². The SMILES string of the molecule is COc1ccc(Cl)cc1C(=O)NCc1cc(-c2ccccn2)n(C)n1. The van der Waals surface area contributed by atoms with Crippen LogP contribution in [0.3, 0.4) is 0 Å². The highest BCUT2D eigenvalue weighted by Gasteiger charge is 2.14. The van der Waals surface area contributed by atoms with Crippen molar-refractivity contribution in [2.75, 3.05) is 7.11 Å². The predicted octanol–water partition coefficient (Wildman–Crippen LogP) is 3.07. The zero-order chi connectivity index (χ0) is 17.8. The van der Waals surface area contributed by atoms with Crippen molar-refractivity contribution < 1.29 is 9.53 Å². The van der Waals surface area contributed by atoms with E-state index < -0.39 is 0 Å². The molecular weight excluding hydrogens is 340 g/mol. The number of amides is 1. The lowest BCUT2D eigenvalue weighted by Gasteiger charge is -2.08. The number of ether oxygens (including phenoxy) is 1. The first-order chi connectivity index (χ1) is 12.1. The average molecular weight is 357 g/mol. The minimum atomic E-state index is -0.274. The van der Waals surface area contributed by atoms with Crippen LogP contribution in [0, 0.1) is 0 Å². The van der Waals surface area contributed by atoms with Gasteiger partial charge >= 0.3 is 0 Å². The number of aryl methyl sites for hydroxylation is 1. The Morgan fingerprint density at radius 1 is 1.28 bits per heavy atom. The fourth-order valence-electron chi connectivity index (χ4n) is 2.49. The highest BCUT2D eigenvalue weighted by atomic mass is 35.5. The van der Waals surface area contributed by atoms with Crippen molar-refractivity contribution in [3.63, 3.8) is 0 Å². The van der Waals surface area contributed by atoms with Gasteiger partial charge < -0.3 is 10.1 Å². The van der Waals surface area contributed by atoms with Crippen LogP contribution in [0.5, 0.6) is 5.75 Å². The molecule has 2 heterocycles. The van der Waals surface area contributed by atoms with Gasteiger partial charge in [-0.3, -0.25) is 14.5 Å². The van der Waals surface area contributed by atoms with Crippen molar-refractivity contribution in [1.82, 2.24) is 20.1 Å². The van der Waals surface area contributed by atoms with Crippen LogP contribution in [0.4, 0.5) is 0 Å². The highest BCUT2D eigenvalue weighted by molar-refractivity contribution is 6.31. The molecule has 0 atom stereocenters. The van der Waals surface area contributed by atoms with Gasteiger partial charge in [0.2, 0.25) is 0 Å². The van der Waals surface area contributed by atoms with Crippen molar-refractivity contribution >= 4 is 17.5 Å². The number of nitrogens with zero attached hydrogens (tertiary/aromatic N) is 3. The number of nitrogens with one attached hydrogen (secondary N) is 1. The standard InChI is InChI=1S/C18H17ClN4O2/c1-23-16(15-5-3-4-8-20-15)10-13(22-23)11-21-18(24)14-9-12(19)6-7-17(14)25-2/h3-10H,11H2,1-2H3,(H,21,24). The molecule has 1 aromatic carbocycles. The Kier molecular flexibility index (Phi) is 5.00. The van der Waals surface area contributed by atoms with Gasteiger partial charge in [-0.15, -0.1) is 0 Å². The van der Waals surface area contributed by atoms with E-state index in [0.717, 1.165) is 17.1 Å². The topological polar surface area (TPSA) is 69.0 Å². The zero-order valence-electron chi connectivity index (χ0n) is 13.9. The molecule has 0 spiro atoms. The van der Waals surface area contributed by atoms with Crippen molar-refractivity contribution in [3.8, 4) is 17.1 Å². The van der Waals surface area contributed by atoms with Gasteiger partial charge in [0.05, 0.1) is 36.3 Å².